The average molecular weight is 592 g/mol. The minimum absolute atomic E-state index is 0.0330. The minimum Gasteiger partial charge on any atom is -0.486 e. The first-order valence-electron chi connectivity index (χ1n) is 14.7. The van der Waals surface area contributed by atoms with Gasteiger partial charge in [-0.05, 0) is 86.4 Å². The Morgan fingerprint density at radius 3 is 2.40 bits per heavy atom. The molecule has 1 aliphatic heterocycles. The number of anilines is 1. The highest BCUT2D eigenvalue weighted by Crippen LogP contribution is 2.40. The number of ether oxygens (including phenoxy) is 2. The van der Waals surface area contributed by atoms with Gasteiger partial charge in [0.05, 0.1) is 29.6 Å². The summed E-state index contributed by atoms with van der Waals surface area (Å²) in [6, 6.07) is 1.95. The standard InChI is InChI=1S/C29H40F3N7O3/c1-6-38(27(40)42-28(2,3)4)24-15-22-21(16-33-24)25(18-11-13-37(5)14-12-18)36-39(22)19-7-9-20(10-8-19)41-23-17-34-35-26(23)29(30,31)32/h15-20H,6-14H2,1-5H3,(H,34,35)/t19-,20+. The van der Waals surface area contributed by atoms with Crippen molar-refractivity contribution < 1.29 is 27.4 Å². The van der Waals surface area contributed by atoms with Gasteiger partial charge < -0.3 is 14.4 Å². The second kappa shape index (κ2) is 11.7. The number of rotatable bonds is 6. The molecule has 0 atom stereocenters. The molecule has 230 valence electrons. The number of likely N-dealkylation sites (tertiary alicyclic amines) is 1. The third-order valence-corrected chi connectivity index (χ3v) is 8.09. The fourth-order valence-corrected chi connectivity index (χ4v) is 5.91. The zero-order chi connectivity index (χ0) is 30.2. The van der Waals surface area contributed by atoms with Crippen LogP contribution >= 0.6 is 0 Å². The number of H-pyrrole nitrogens is 1. The van der Waals surface area contributed by atoms with E-state index >= 15 is 0 Å². The van der Waals surface area contributed by atoms with Gasteiger partial charge in [0.25, 0.3) is 0 Å². The van der Waals surface area contributed by atoms with E-state index in [0.717, 1.165) is 48.7 Å². The molecule has 1 amide bonds. The van der Waals surface area contributed by atoms with E-state index in [2.05, 4.69) is 22.0 Å². The van der Waals surface area contributed by atoms with Crippen LogP contribution in [-0.4, -0.2) is 74.3 Å². The number of hydrogen-bond acceptors (Lipinski definition) is 7. The van der Waals surface area contributed by atoms with E-state index in [1.165, 1.54) is 4.90 Å². The molecular formula is C29H40F3N7O3. The highest BCUT2D eigenvalue weighted by atomic mass is 19.4. The summed E-state index contributed by atoms with van der Waals surface area (Å²) in [7, 11) is 2.12. The molecule has 0 spiro atoms. The number of amides is 1. The van der Waals surface area contributed by atoms with Crippen molar-refractivity contribution in [1.82, 2.24) is 29.9 Å². The molecule has 13 heteroatoms. The zero-order valence-electron chi connectivity index (χ0n) is 24.9. The number of halogens is 3. The van der Waals surface area contributed by atoms with Crippen LogP contribution in [0.5, 0.6) is 5.75 Å². The summed E-state index contributed by atoms with van der Waals surface area (Å²) in [5.41, 5.74) is 0.310. The molecule has 0 aromatic carbocycles. The second-order valence-corrected chi connectivity index (χ2v) is 12.3. The van der Waals surface area contributed by atoms with Gasteiger partial charge in [-0.3, -0.25) is 14.7 Å². The van der Waals surface area contributed by atoms with Crippen LogP contribution in [0.25, 0.3) is 10.9 Å². The van der Waals surface area contributed by atoms with Crippen molar-refractivity contribution in [3.05, 3.63) is 29.8 Å². The highest BCUT2D eigenvalue weighted by molar-refractivity contribution is 5.91. The van der Waals surface area contributed by atoms with Crippen molar-refractivity contribution in [2.24, 2.45) is 0 Å². The molecule has 1 aliphatic carbocycles. The van der Waals surface area contributed by atoms with Gasteiger partial charge >= 0.3 is 12.3 Å². The molecule has 10 nitrogen and oxygen atoms in total. The van der Waals surface area contributed by atoms with Gasteiger partial charge in [0, 0.05) is 30.1 Å². The lowest BCUT2D eigenvalue weighted by atomic mass is 9.92. The lowest BCUT2D eigenvalue weighted by Crippen LogP contribution is -2.37. The minimum atomic E-state index is -4.56. The van der Waals surface area contributed by atoms with Crippen molar-refractivity contribution in [3.8, 4) is 5.75 Å². The summed E-state index contributed by atoms with van der Waals surface area (Å²) in [6.45, 7) is 9.73. The molecule has 2 aliphatic rings. The van der Waals surface area contributed by atoms with Gasteiger partial charge in [0.2, 0.25) is 0 Å². The maximum Gasteiger partial charge on any atom is 0.436 e. The average Bonchev–Trinajstić information content (AvgIpc) is 3.54. The Labute approximate surface area is 243 Å². The molecule has 42 heavy (non-hydrogen) atoms. The predicted molar refractivity (Wildman–Crippen MR) is 152 cm³/mol. The van der Waals surface area contributed by atoms with Crippen LogP contribution in [0.4, 0.5) is 23.8 Å². The Kier molecular flexibility index (Phi) is 8.41. The van der Waals surface area contributed by atoms with Crippen LogP contribution < -0.4 is 9.64 Å². The van der Waals surface area contributed by atoms with Crippen LogP contribution in [0.2, 0.25) is 0 Å². The molecule has 1 saturated heterocycles. The van der Waals surface area contributed by atoms with E-state index in [0.29, 0.717) is 44.0 Å². The lowest BCUT2D eigenvalue weighted by Gasteiger charge is -2.30. The number of pyridine rings is 1. The van der Waals surface area contributed by atoms with Gasteiger partial charge in [-0.1, -0.05) is 0 Å². The number of carbonyl (C=O) groups is 1. The quantitative estimate of drug-likeness (QED) is 0.359. The van der Waals surface area contributed by atoms with Crippen molar-refractivity contribution >= 4 is 22.8 Å². The van der Waals surface area contributed by atoms with E-state index in [1.54, 1.807) is 0 Å². The number of aromatic nitrogens is 5. The van der Waals surface area contributed by atoms with Gasteiger partial charge in [0.15, 0.2) is 11.4 Å². The number of nitrogens with zero attached hydrogens (tertiary/aromatic N) is 6. The SMILES string of the molecule is CCN(C(=O)OC(C)(C)C)c1cc2c(cn1)c(C1CCN(C)CC1)nn2[C@H]1CC[C@@H](Oc2cn[nH]c2C(F)(F)F)CC1. The van der Waals surface area contributed by atoms with Crippen LogP contribution in [0, 0.1) is 0 Å². The normalized spacial score (nSPS) is 21.0. The lowest BCUT2D eigenvalue weighted by molar-refractivity contribution is -0.143. The van der Waals surface area contributed by atoms with Crippen molar-refractivity contribution in [2.75, 3.05) is 31.6 Å². The number of nitrogens with one attached hydrogen (secondary N) is 1. The Morgan fingerprint density at radius 1 is 1.10 bits per heavy atom. The smallest absolute Gasteiger partial charge is 0.436 e. The van der Waals surface area contributed by atoms with Gasteiger partial charge in [-0.25, -0.2) is 9.78 Å². The first-order chi connectivity index (χ1) is 19.8. The molecule has 5 rings (SSSR count). The number of fused-ring (bicyclic) bond motifs is 1. The molecule has 3 aromatic heterocycles. The number of hydrogen-bond donors (Lipinski definition) is 1. The summed E-state index contributed by atoms with van der Waals surface area (Å²) < 4.78 is 53.3. The molecule has 1 N–H and O–H groups in total. The summed E-state index contributed by atoms with van der Waals surface area (Å²) in [6.07, 6.45) is 2.06. The zero-order valence-corrected chi connectivity index (χ0v) is 24.9. The van der Waals surface area contributed by atoms with Gasteiger partial charge in [-0.2, -0.15) is 23.4 Å². The number of alkyl halides is 3. The molecule has 0 unspecified atom stereocenters. The van der Waals surface area contributed by atoms with Gasteiger partial charge in [-0.15, -0.1) is 0 Å². The van der Waals surface area contributed by atoms with Crippen molar-refractivity contribution in [3.63, 3.8) is 0 Å². The Bertz CT molecular complexity index is 1380. The summed E-state index contributed by atoms with van der Waals surface area (Å²) in [5.74, 6) is 0.525. The molecule has 1 saturated carbocycles. The molecule has 3 aromatic rings. The number of aromatic amines is 1. The van der Waals surface area contributed by atoms with E-state index < -0.39 is 23.6 Å². The van der Waals surface area contributed by atoms with E-state index in [9.17, 15) is 18.0 Å². The molecular weight excluding hydrogens is 551 g/mol. The van der Waals surface area contributed by atoms with Crippen LogP contribution in [0.1, 0.15) is 89.6 Å². The largest absolute Gasteiger partial charge is 0.486 e. The highest BCUT2D eigenvalue weighted by Gasteiger charge is 2.38. The number of carbonyl (C=O) groups excluding carboxylic acids is 1. The molecule has 4 heterocycles. The molecule has 0 radical (unpaired) electrons. The molecule has 2 fully saturated rings. The topological polar surface area (TPSA) is 101 Å². The summed E-state index contributed by atoms with van der Waals surface area (Å²) in [4.78, 5) is 21.5. The maximum atomic E-state index is 13.3. The van der Waals surface area contributed by atoms with Gasteiger partial charge in [0.1, 0.15) is 11.4 Å². The van der Waals surface area contributed by atoms with Crippen LogP contribution in [-0.2, 0) is 10.9 Å². The van der Waals surface area contributed by atoms with E-state index in [1.807, 2.05) is 49.7 Å². The van der Waals surface area contributed by atoms with Crippen molar-refractivity contribution in [1.29, 1.82) is 0 Å². The molecule has 0 bridgehead atoms. The fourth-order valence-electron chi connectivity index (χ4n) is 5.91. The van der Waals surface area contributed by atoms with Crippen LogP contribution in [0.3, 0.4) is 0 Å². The number of piperidine rings is 1. The first kappa shape index (κ1) is 30.1. The second-order valence-electron chi connectivity index (χ2n) is 12.3. The Hall–Kier alpha value is -3.35. The Morgan fingerprint density at radius 2 is 1.79 bits per heavy atom. The van der Waals surface area contributed by atoms with E-state index in [-0.39, 0.29) is 17.9 Å². The maximum absolute atomic E-state index is 13.3. The summed E-state index contributed by atoms with van der Waals surface area (Å²) in [5, 5.41) is 11.7. The Balaban J connectivity index is 1.42. The van der Waals surface area contributed by atoms with E-state index in [4.69, 9.17) is 14.6 Å². The first-order valence-corrected chi connectivity index (χ1v) is 14.7. The fraction of sp³-hybridized carbons (Fsp3) is 0.655. The monoisotopic (exact) mass is 591 g/mol. The summed E-state index contributed by atoms with van der Waals surface area (Å²) >= 11 is 0. The van der Waals surface area contributed by atoms with Crippen molar-refractivity contribution in [2.45, 2.75) is 96.1 Å². The third kappa shape index (κ3) is 6.50. The van der Waals surface area contributed by atoms with Crippen LogP contribution in [0.15, 0.2) is 18.5 Å². The third-order valence-electron chi connectivity index (χ3n) is 8.09. The predicted octanol–water partition coefficient (Wildman–Crippen LogP) is 6.31.